The highest BCUT2D eigenvalue weighted by Gasteiger charge is 2.11. The first-order valence-corrected chi connectivity index (χ1v) is 8.33. The Bertz CT molecular complexity index is 494. The third-order valence-electron chi connectivity index (χ3n) is 2.83. The van der Waals surface area contributed by atoms with Crippen molar-refractivity contribution in [3.05, 3.63) is 31.8 Å². The van der Waals surface area contributed by atoms with Crippen molar-refractivity contribution in [1.29, 1.82) is 0 Å². The molecule has 0 heterocycles. The van der Waals surface area contributed by atoms with Gasteiger partial charge in [-0.05, 0) is 70.1 Å². The van der Waals surface area contributed by atoms with Crippen LogP contribution in [0, 0.1) is 3.57 Å². The Morgan fingerprint density at radius 1 is 1.40 bits per heavy atom. The van der Waals surface area contributed by atoms with Crippen LogP contribution in [0.2, 0.25) is 0 Å². The molecule has 0 aromatic heterocycles. The quantitative estimate of drug-likeness (QED) is 0.651. The van der Waals surface area contributed by atoms with Crippen LogP contribution >= 0.6 is 38.5 Å². The smallest absolute Gasteiger partial charge is 0.252 e. The molecule has 1 unspecified atom stereocenters. The lowest BCUT2D eigenvalue weighted by Crippen LogP contribution is -2.35. The van der Waals surface area contributed by atoms with Crippen molar-refractivity contribution in [2.75, 3.05) is 6.54 Å². The zero-order valence-electron chi connectivity index (χ0n) is 11.5. The Kier molecular flexibility index (Phi) is 7.50. The van der Waals surface area contributed by atoms with Gasteiger partial charge < -0.3 is 10.6 Å². The molecule has 1 rings (SSSR count). The summed E-state index contributed by atoms with van der Waals surface area (Å²) in [7, 11) is 0. The second-order valence-electron chi connectivity index (χ2n) is 4.51. The maximum atomic E-state index is 12.0. The number of amides is 2. The van der Waals surface area contributed by atoms with E-state index in [4.69, 9.17) is 0 Å². The topological polar surface area (TPSA) is 58.2 Å². The van der Waals surface area contributed by atoms with Crippen LogP contribution in [0.4, 0.5) is 0 Å². The summed E-state index contributed by atoms with van der Waals surface area (Å²) in [5.41, 5.74) is 0.583. The number of benzene rings is 1. The van der Waals surface area contributed by atoms with Crippen molar-refractivity contribution < 1.29 is 9.59 Å². The number of hydrogen-bond acceptors (Lipinski definition) is 2. The fourth-order valence-electron chi connectivity index (χ4n) is 1.51. The highest BCUT2D eigenvalue weighted by molar-refractivity contribution is 14.1. The average molecular weight is 453 g/mol. The van der Waals surface area contributed by atoms with E-state index in [1.807, 2.05) is 26.0 Å². The Morgan fingerprint density at radius 2 is 2.10 bits per heavy atom. The van der Waals surface area contributed by atoms with Gasteiger partial charge in [0.25, 0.3) is 5.91 Å². The minimum Gasteiger partial charge on any atom is -0.354 e. The second kappa shape index (κ2) is 8.61. The van der Waals surface area contributed by atoms with E-state index in [1.165, 1.54) is 0 Å². The molecule has 0 aliphatic rings. The number of nitrogens with one attached hydrogen (secondary N) is 2. The van der Waals surface area contributed by atoms with E-state index in [9.17, 15) is 9.59 Å². The summed E-state index contributed by atoms with van der Waals surface area (Å²) in [6.45, 7) is 4.31. The van der Waals surface area contributed by atoms with Gasteiger partial charge in [-0.25, -0.2) is 0 Å². The summed E-state index contributed by atoms with van der Waals surface area (Å²) in [5.74, 6) is -0.215. The Labute approximate surface area is 141 Å². The molecule has 20 heavy (non-hydrogen) atoms. The van der Waals surface area contributed by atoms with E-state index in [0.717, 1.165) is 14.5 Å². The normalized spacial score (nSPS) is 11.8. The van der Waals surface area contributed by atoms with Gasteiger partial charge in [-0.15, -0.1) is 0 Å². The molecule has 0 aliphatic heterocycles. The largest absolute Gasteiger partial charge is 0.354 e. The number of hydrogen-bond donors (Lipinski definition) is 2. The van der Waals surface area contributed by atoms with Crippen molar-refractivity contribution in [2.45, 2.75) is 32.7 Å². The molecule has 1 aromatic rings. The molecule has 0 saturated heterocycles. The molecule has 1 aromatic carbocycles. The summed E-state index contributed by atoms with van der Waals surface area (Å²) < 4.78 is 1.74. The van der Waals surface area contributed by atoms with E-state index in [2.05, 4.69) is 49.2 Å². The van der Waals surface area contributed by atoms with Gasteiger partial charge in [0.1, 0.15) is 0 Å². The van der Waals surface area contributed by atoms with Gasteiger partial charge in [-0.1, -0.05) is 6.92 Å². The van der Waals surface area contributed by atoms with Crippen molar-refractivity contribution >= 4 is 50.3 Å². The summed E-state index contributed by atoms with van der Waals surface area (Å²) >= 11 is 5.51. The van der Waals surface area contributed by atoms with Gasteiger partial charge in [0.15, 0.2) is 0 Å². The molecular formula is C14H18BrIN2O2. The second-order valence-corrected chi connectivity index (χ2v) is 6.61. The zero-order valence-corrected chi connectivity index (χ0v) is 15.2. The van der Waals surface area contributed by atoms with Gasteiger partial charge in [0.2, 0.25) is 5.91 Å². The monoisotopic (exact) mass is 452 g/mol. The molecule has 1 atom stereocenters. The number of halogens is 2. The zero-order chi connectivity index (χ0) is 15.1. The van der Waals surface area contributed by atoms with Crippen LogP contribution in [0.15, 0.2) is 22.7 Å². The molecule has 0 spiro atoms. The van der Waals surface area contributed by atoms with Gasteiger partial charge in [0, 0.05) is 27.1 Å². The van der Waals surface area contributed by atoms with E-state index >= 15 is 0 Å². The molecule has 2 N–H and O–H groups in total. The third kappa shape index (κ3) is 5.78. The molecule has 0 aliphatic carbocycles. The molecule has 0 fully saturated rings. The summed E-state index contributed by atoms with van der Waals surface area (Å²) in [5, 5.41) is 5.62. The molecule has 6 heteroatoms. The number of carbonyl (C=O) groups is 2. The first kappa shape index (κ1) is 17.4. The van der Waals surface area contributed by atoms with Gasteiger partial charge in [-0.3, -0.25) is 9.59 Å². The molecule has 4 nitrogen and oxygen atoms in total. The van der Waals surface area contributed by atoms with E-state index < -0.39 is 0 Å². The summed E-state index contributed by atoms with van der Waals surface area (Å²) in [4.78, 5) is 23.6. The summed E-state index contributed by atoms with van der Waals surface area (Å²) in [6.07, 6.45) is 1.19. The average Bonchev–Trinajstić information content (AvgIpc) is 2.41. The molecule has 2 amide bonds. The highest BCUT2D eigenvalue weighted by atomic mass is 127. The Hall–Kier alpha value is -0.630. The predicted molar refractivity (Wildman–Crippen MR) is 91.7 cm³/mol. The minimum atomic E-state index is -0.174. The van der Waals surface area contributed by atoms with Crippen LogP contribution < -0.4 is 10.6 Å². The predicted octanol–water partition coefficient (Wildman–Crippen LogP) is 3.09. The maximum absolute atomic E-state index is 12.0. The molecular weight excluding hydrogens is 435 g/mol. The standard InChI is InChI=1S/C14H18BrIN2O2/c1-3-9(2)18-13(19)6-7-17-14(20)11-8-10(16)4-5-12(11)15/h4-5,8-9H,3,6-7H2,1-2H3,(H,17,20)(H,18,19). The van der Waals surface area contributed by atoms with Crippen LogP contribution in [-0.4, -0.2) is 24.4 Å². The van der Waals surface area contributed by atoms with E-state index in [-0.39, 0.29) is 24.3 Å². The lowest BCUT2D eigenvalue weighted by molar-refractivity contribution is -0.121. The van der Waals surface area contributed by atoms with Crippen molar-refractivity contribution in [1.82, 2.24) is 10.6 Å². The van der Waals surface area contributed by atoms with E-state index in [1.54, 1.807) is 6.07 Å². The lowest BCUT2D eigenvalue weighted by Gasteiger charge is -2.12. The van der Waals surface area contributed by atoms with Crippen LogP contribution in [0.1, 0.15) is 37.0 Å². The molecule has 0 bridgehead atoms. The fraction of sp³-hybridized carbons (Fsp3) is 0.429. The first-order chi connectivity index (χ1) is 9.43. The highest BCUT2D eigenvalue weighted by Crippen LogP contribution is 2.19. The Morgan fingerprint density at radius 3 is 2.75 bits per heavy atom. The van der Waals surface area contributed by atoms with Gasteiger partial charge in [-0.2, -0.15) is 0 Å². The first-order valence-electron chi connectivity index (χ1n) is 6.46. The van der Waals surface area contributed by atoms with Crippen LogP contribution in [0.5, 0.6) is 0 Å². The SMILES string of the molecule is CCC(C)NC(=O)CCNC(=O)c1cc(I)ccc1Br. The van der Waals surface area contributed by atoms with Crippen LogP contribution in [-0.2, 0) is 4.79 Å². The lowest BCUT2D eigenvalue weighted by atomic mass is 10.2. The third-order valence-corrected chi connectivity index (χ3v) is 4.19. The molecule has 110 valence electrons. The van der Waals surface area contributed by atoms with Crippen molar-refractivity contribution in [3.63, 3.8) is 0 Å². The maximum Gasteiger partial charge on any atom is 0.252 e. The van der Waals surface area contributed by atoms with Crippen LogP contribution in [0.25, 0.3) is 0 Å². The van der Waals surface area contributed by atoms with Gasteiger partial charge >= 0.3 is 0 Å². The molecule has 0 radical (unpaired) electrons. The van der Waals surface area contributed by atoms with Crippen molar-refractivity contribution in [2.24, 2.45) is 0 Å². The summed E-state index contributed by atoms with van der Waals surface area (Å²) in [6, 6.07) is 5.73. The van der Waals surface area contributed by atoms with E-state index in [0.29, 0.717) is 12.1 Å². The molecule has 0 saturated carbocycles. The van der Waals surface area contributed by atoms with Crippen LogP contribution in [0.3, 0.4) is 0 Å². The van der Waals surface area contributed by atoms with Crippen molar-refractivity contribution in [3.8, 4) is 0 Å². The Balaban J connectivity index is 2.44. The van der Waals surface area contributed by atoms with Gasteiger partial charge in [0.05, 0.1) is 5.56 Å². The fourth-order valence-corrected chi connectivity index (χ4v) is 2.42. The number of rotatable bonds is 6. The number of carbonyl (C=O) groups excluding carboxylic acids is 2. The minimum absolute atomic E-state index is 0.0404.